The SMILES string of the molecule is C=C/C(F)=C\C=C(/C)c1nc(N)n2nc(Cc3c(F)cccc3F)nc2c1-c1cc(C)nc(C)c1. The lowest BCUT2D eigenvalue weighted by Crippen LogP contribution is -2.07. The molecule has 3 aromatic heterocycles. The Hall–Kier alpha value is -4.27. The molecule has 4 rings (SSSR count). The van der Waals surface area contributed by atoms with E-state index in [4.69, 9.17) is 5.73 Å². The lowest BCUT2D eigenvalue weighted by atomic mass is 10.00. The summed E-state index contributed by atoms with van der Waals surface area (Å²) in [6, 6.07) is 7.38. The molecule has 0 spiro atoms. The van der Waals surface area contributed by atoms with Crippen molar-refractivity contribution in [1.82, 2.24) is 24.6 Å². The van der Waals surface area contributed by atoms with E-state index in [1.165, 1.54) is 28.8 Å². The van der Waals surface area contributed by atoms with Gasteiger partial charge in [-0.3, -0.25) is 4.98 Å². The molecule has 3 heterocycles. The smallest absolute Gasteiger partial charge is 0.223 e. The minimum Gasteiger partial charge on any atom is -0.368 e. The molecule has 0 saturated carbocycles. The number of anilines is 1. The van der Waals surface area contributed by atoms with Crippen LogP contribution in [0.2, 0.25) is 0 Å². The number of aromatic nitrogens is 5. The lowest BCUT2D eigenvalue weighted by molar-refractivity contribution is 0.559. The predicted molar refractivity (Wildman–Crippen MR) is 130 cm³/mol. The normalized spacial score (nSPS) is 12.4. The average Bonchev–Trinajstić information content (AvgIpc) is 3.23. The number of nitrogen functional groups attached to an aromatic ring is 1. The zero-order chi connectivity index (χ0) is 25.3. The van der Waals surface area contributed by atoms with Crippen LogP contribution >= 0.6 is 0 Å². The van der Waals surface area contributed by atoms with Crippen molar-refractivity contribution in [1.29, 1.82) is 0 Å². The van der Waals surface area contributed by atoms with Gasteiger partial charge in [-0.15, -0.1) is 5.10 Å². The number of pyridine rings is 1. The van der Waals surface area contributed by atoms with Crippen molar-refractivity contribution in [2.75, 3.05) is 5.73 Å². The first-order valence-electron chi connectivity index (χ1n) is 10.8. The molecule has 0 bridgehead atoms. The molecule has 1 aromatic carbocycles. The first-order valence-corrected chi connectivity index (χ1v) is 10.8. The molecule has 4 aromatic rings. The highest BCUT2D eigenvalue weighted by molar-refractivity contribution is 5.88. The summed E-state index contributed by atoms with van der Waals surface area (Å²) >= 11 is 0. The molecule has 9 heteroatoms. The highest BCUT2D eigenvalue weighted by Crippen LogP contribution is 2.33. The van der Waals surface area contributed by atoms with E-state index in [-0.39, 0.29) is 23.8 Å². The Balaban J connectivity index is 1.98. The molecule has 6 nitrogen and oxygen atoms in total. The number of aryl methyl sites for hydroxylation is 2. The molecule has 0 aliphatic heterocycles. The Morgan fingerprint density at radius 1 is 1.06 bits per heavy atom. The minimum atomic E-state index is -0.689. The molecular formula is C26H23F3N6. The number of hydrogen-bond donors (Lipinski definition) is 1. The Morgan fingerprint density at radius 3 is 2.34 bits per heavy atom. The number of halogens is 3. The van der Waals surface area contributed by atoms with E-state index in [9.17, 15) is 13.2 Å². The van der Waals surface area contributed by atoms with Crippen LogP contribution in [0.5, 0.6) is 0 Å². The van der Waals surface area contributed by atoms with Gasteiger partial charge in [0.1, 0.15) is 17.5 Å². The second kappa shape index (κ2) is 9.54. The fourth-order valence-corrected chi connectivity index (χ4v) is 3.82. The molecule has 0 aliphatic rings. The summed E-state index contributed by atoms with van der Waals surface area (Å²) < 4.78 is 43.6. The standard InChI is InChI=1S/C26H23F3N6/c1-5-18(27)10-9-14(2)24-23(17-11-15(3)31-16(4)12-17)25-32-22(34-35(25)26(30)33-24)13-19-20(28)7-6-8-21(19)29/h5-12H,1,13H2,2-4H3,(H2,30,33)/b14-9+,18-10+. The Kier molecular flexibility index (Phi) is 6.50. The third-order valence-electron chi connectivity index (χ3n) is 5.38. The molecule has 0 radical (unpaired) electrons. The minimum absolute atomic E-state index is 0.0231. The number of hydrogen-bond acceptors (Lipinski definition) is 5. The highest BCUT2D eigenvalue weighted by Gasteiger charge is 2.21. The van der Waals surface area contributed by atoms with E-state index in [1.54, 1.807) is 13.0 Å². The van der Waals surface area contributed by atoms with Crippen LogP contribution in [-0.4, -0.2) is 24.6 Å². The van der Waals surface area contributed by atoms with E-state index >= 15 is 0 Å². The third-order valence-corrected chi connectivity index (χ3v) is 5.38. The van der Waals surface area contributed by atoms with Crippen LogP contribution in [-0.2, 0) is 6.42 Å². The number of nitrogens with zero attached hydrogens (tertiary/aromatic N) is 5. The zero-order valence-corrected chi connectivity index (χ0v) is 19.5. The molecule has 0 unspecified atom stereocenters. The van der Waals surface area contributed by atoms with Crippen LogP contribution in [0.3, 0.4) is 0 Å². The first-order chi connectivity index (χ1) is 16.7. The van der Waals surface area contributed by atoms with E-state index < -0.39 is 17.5 Å². The van der Waals surface area contributed by atoms with Crippen molar-refractivity contribution in [2.45, 2.75) is 27.2 Å². The predicted octanol–water partition coefficient (Wildman–Crippen LogP) is 5.70. The largest absolute Gasteiger partial charge is 0.368 e. The van der Waals surface area contributed by atoms with Crippen molar-refractivity contribution in [3.8, 4) is 11.1 Å². The van der Waals surface area contributed by atoms with Gasteiger partial charge in [0.15, 0.2) is 11.5 Å². The summed E-state index contributed by atoms with van der Waals surface area (Å²) in [5.74, 6) is -1.69. The summed E-state index contributed by atoms with van der Waals surface area (Å²) in [6.07, 6.45) is 3.75. The molecule has 2 N–H and O–H groups in total. The first kappa shape index (κ1) is 23.9. The van der Waals surface area contributed by atoms with Gasteiger partial charge >= 0.3 is 0 Å². The fraction of sp³-hybridized carbons (Fsp3) is 0.154. The van der Waals surface area contributed by atoms with Gasteiger partial charge in [0.2, 0.25) is 5.95 Å². The number of allylic oxidation sites excluding steroid dienone is 5. The summed E-state index contributed by atoms with van der Waals surface area (Å²) in [5.41, 5.74) is 10.4. The molecule has 35 heavy (non-hydrogen) atoms. The maximum Gasteiger partial charge on any atom is 0.223 e. The van der Waals surface area contributed by atoms with Crippen LogP contribution in [0.15, 0.2) is 61.0 Å². The quantitative estimate of drug-likeness (QED) is 0.361. The van der Waals surface area contributed by atoms with Gasteiger partial charge < -0.3 is 5.73 Å². The number of nitrogens with two attached hydrogens (primary N) is 1. The van der Waals surface area contributed by atoms with Gasteiger partial charge in [0, 0.05) is 23.4 Å². The van der Waals surface area contributed by atoms with Gasteiger partial charge in [-0.05, 0) is 68.3 Å². The van der Waals surface area contributed by atoms with Crippen LogP contribution in [0.4, 0.5) is 19.1 Å². The zero-order valence-electron chi connectivity index (χ0n) is 19.5. The summed E-state index contributed by atoms with van der Waals surface area (Å²) in [7, 11) is 0. The van der Waals surface area contributed by atoms with Crippen molar-refractivity contribution >= 4 is 17.2 Å². The maximum atomic E-state index is 14.3. The molecule has 0 saturated heterocycles. The summed E-state index contributed by atoms with van der Waals surface area (Å²) in [6.45, 7) is 8.90. The lowest BCUT2D eigenvalue weighted by Gasteiger charge is -2.13. The molecule has 0 fully saturated rings. The van der Waals surface area contributed by atoms with Crippen LogP contribution < -0.4 is 5.73 Å². The Labute approximate surface area is 200 Å². The molecule has 0 aliphatic carbocycles. The van der Waals surface area contributed by atoms with Crippen molar-refractivity contribution < 1.29 is 13.2 Å². The van der Waals surface area contributed by atoms with Crippen LogP contribution in [0, 0.1) is 25.5 Å². The molecule has 0 atom stereocenters. The van der Waals surface area contributed by atoms with Crippen molar-refractivity contribution in [3.05, 3.63) is 101 Å². The van der Waals surface area contributed by atoms with Gasteiger partial charge in [-0.1, -0.05) is 18.7 Å². The third kappa shape index (κ3) is 4.84. The average molecular weight is 477 g/mol. The summed E-state index contributed by atoms with van der Waals surface area (Å²) in [4.78, 5) is 13.5. The summed E-state index contributed by atoms with van der Waals surface area (Å²) in [5, 5.41) is 4.37. The second-order valence-electron chi connectivity index (χ2n) is 8.08. The number of fused-ring (bicyclic) bond motifs is 1. The van der Waals surface area contributed by atoms with E-state index in [0.29, 0.717) is 22.5 Å². The Morgan fingerprint density at radius 2 is 1.71 bits per heavy atom. The van der Waals surface area contributed by atoms with E-state index in [2.05, 4.69) is 26.6 Å². The Bertz CT molecular complexity index is 1480. The second-order valence-corrected chi connectivity index (χ2v) is 8.08. The molecule has 0 amide bonds. The number of rotatable bonds is 6. The van der Waals surface area contributed by atoms with Gasteiger partial charge in [0.05, 0.1) is 11.3 Å². The number of benzene rings is 1. The van der Waals surface area contributed by atoms with Crippen molar-refractivity contribution in [2.24, 2.45) is 0 Å². The van der Waals surface area contributed by atoms with Crippen LogP contribution in [0.25, 0.3) is 22.3 Å². The van der Waals surface area contributed by atoms with E-state index in [0.717, 1.165) is 23.0 Å². The topological polar surface area (TPSA) is 82.0 Å². The van der Waals surface area contributed by atoms with Gasteiger partial charge in [-0.25, -0.2) is 23.1 Å². The van der Waals surface area contributed by atoms with Gasteiger partial charge in [0.25, 0.3) is 0 Å². The van der Waals surface area contributed by atoms with Gasteiger partial charge in [-0.2, -0.15) is 4.52 Å². The molecule has 178 valence electrons. The van der Waals surface area contributed by atoms with Crippen molar-refractivity contribution in [3.63, 3.8) is 0 Å². The van der Waals surface area contributed by atoms with Crippen LogP contribution in [0.1, 0.15) is 35.4 Å². The van der Waals surface area contributed by atoms with E-state index in [1.807, 2.05) is 26.0 Å². The highest BCUT2D eigenvalue weighted by atomic mass is 19.1. The maximum absolute atomic E-state index is 14.3. The monoisotopic (exact) mass is 476 g/mol. The fourth-order valence-electron chi connectivity index (χ4n) is 3.82. The molecular weight excluding hydrogens is 453 g/mol.